The summed E-state index contributed by atoms with van der Waals surface area (Å²) in [5.41, 5.74) is 2.65. The fourth-order valence-electron chi connectivity index (χ4n) is 4.28. The molecule has 10 nitrogen and oxygen atoms in total. The summed E-state index contributed by atoms with van der Waals surface area (Å²) in [5, 5.41) is 11.2. The smallest absolute Gasteiger partial charge is 0.234 e. The largest absolute Gasteiger partial charge is 0.338 e. The third-order valence-electron chi connectivity index (χ3n) is 6.69. The molecular formula is C27H29N9OS. The van der Waals surface area contributed by atoms with E-state index in [1.165, 1.54) is 11.8 Å². The first-order chi connectivity index (χ1) is 18.6. The number of hydrogen-bond donors (Lipinski definition) is 2. The second-order valence-corrected chi connectivity index (χ2v) is 10.7. The number of aromatic amines is 1. The molecule has 1 saturated carbocycles. The molecular weight excluding hydrogens is 498 g/mol. The van der Waals surface area contributed by atoms with Crippen LogP contribution in [0.3, 0.4) is 0 Å². The van der Waals surface area contributed by atoms with E-state index in [-0.39, 0.29) is 5.92 Å². The molecule has 11 heteroatoms. The first-order valence-corrected chi connectivity index (χ1v) is 13.6. The Bertz CT molecular complexity index is 1400. The van der Waals surface area contributed by atoms with E-state index in [1.807, 2.05) is 48.5 Å². The van der Waals surface area contributed by atoms with Crippen LogP contribution in [-0.2, 0) is 11.2 Å². The molecule has 0 bridgehead atoms. The Morgan fingerprint density at radius 3 is 2.61 bits per heavy atom. The van der Waals surface area contributed by atoms with E-state index < -0.39 is 0 Å². The summed E-state index contributed by atoms with van der Waals surface area (Å²) >= 11 is 1.48. The van der Waals surface area contributed by atoms with Crippen LogP contribution >= 0.6 is 11.8 Å². The molecule has 1 aromatic carbocycles. The van der Waals surface area contributed by atoms with E-state index in [1.54, 1.807) is 6.20 Å². The lowest BCUT2D eigenvalue weighted by Gasteiger charge is -2.32. The zero-order valence-corrected chi connectivity index (χ0v) is 22.0. The molecule has 2 aliphatic rings. The Kier molecular flexibility index (Phi) is 7.02. The van der Waals surface area contributed by atoms with Crippen molar-refractivity contribution in [2.45, 2.75) is 29.3 Å². The number of nitrogens with one attached hydrogen (secondary N) is 2. The molecule has 4 heterocycles. The van der Waals surface area contributed by atoms with E-state index in [4.69, 9.17) is 9.97 Å². The predicted octanol–water partition coefficient (Wildman–Crippen LogP) is 3.82. The van der Waals surface area contributed by atoms with Gasteiger partial charge in [0.25, 0.3) is 0 Å². The number of aromatic nitrogens is 6. The van der Waals surface area contributed by atoms with Crippen molar-refractivity contribution in [1.29, 1.82) is 0 Å². The monoisotopic (exact) mass is 527 g/mol. The molecule has 3 aromatic heterocycles. The fraction of sp³-hybridized carbons (Fsp3) is 0.333. The van der Waals surface area contributed by atoms with Crippen molar-refractivity contribution in [3.63, 3.8) is 0 Å². The first-order valence-electron chi connectivity index (χ1n) is 12.8. The van der Waals surface area contributed by atoms with E-state index >= 15 is 0 Å². The maximum absolute atomic E-state index is 12.2. The van der Waals surface area contributed by atoms with Crippen LogP contribution in [0, 0.1) is 5.92 Å². The molecule has 2 fully saturated rings. The van der Waals surface area contributed by atoms with Crippen LogP contribution in [0.1, 0.15) is 18.4 Å². The fourth-order valence-corrected chi connectivity index (χ4v) is 5.02. The van der Waals surface area contributed by atoms with Crippen molar-refractivity contribution in [1.82, 2.24) is 35.0 Å². The summed E-state index contributed by atoms with van der Waals surface area (Å²) in [6, 6.07) is 15.7. The molecule has 1 saturated heterocycles. The molecule has 0 unspecified atom stereocenters. The Balaban J connectivity index is 1.22. The Labute approximate surface area is 225 Å². The number of nitrogens with zero attached hydrogens (tertiary/aromatic N) is 7. The maximum Gasteiger partial charge on any atom is 0.234 e. The number of carbonyl (C=O) groups excluding carboxylic acids is 1. The van der Waals surface area contributed by atoms with Crippen molar-refractivity contribution in [3.8, 4) is 11.4 Å². The highest BCUT2D eigenvalue weighted by Gasteiger charge is 2.29. The Hall–Kier alpha value is -3.83. The van der Waals surface area contributed by atoms with Crippen LogP contribution in [0.2, 0.25) is 0 Å². The molecule has 1 aliphatic carbocycles. The number of benzene rings is 1. The molecule has 1 aliphatic heterocycles. The number of piperazine rings is 1. The van der Waals surface area contributed by atoms with Crippen molar-refractivity contribution in [2.24, 2.45) is 5.92 Å². The van der Waals surface area contributed by atoms with Gasteiger partial charge in [0.1, 0.15) is 5.78 Å². The van der Waals surface area contributed by atoms with Gasteiger partial charge in [-0.1, -0.05) is 18.2 Å². The Morgan fingerprint density at radius 1 is 1.05 bits per heavy atom. The zero-order chi connectivity index (χ0) is 25.9. The van der Waals surface area contributed by atoms with Gasteiger partial charge in [-0.25, -0.2) is 0 Å². The van der Waals surface area contributed by atoms with E-state index in [2.05, 4.69) is 42.3 Å². The van der Waals surface area contributed by atoms with Crippen molar-refractivity contribution in [3.05, 3.63) is 60.3 Å². The van der Waals surface area contributed by atoms with Crippen molar-refractivity contribution < 1.29 is 4.79 Å². The quantitative estimate of drug-likeness (QED) is 0.333. The highest BCUT2D eigenvalue weighted by atomic mass is 32.2. The van der Waals surface area contributed by atoms with Crippen molar-refractivity contribution >= 4 is 35.3 Å². The minimum atomic E-state index is 0.280. The van der Waals surface area contributed by atoms with Gasteiger partial charge in [0.2, 0.25) is 11.9 Å². The van der Waals surface area contributed by atoms with E-state index in [0.717, 1.165) is 60.9 Å². The third kappa shape index (κ3) is 6.00. The predicted molar refractivity (Wildman–Crippen MR) is 147 cm³/mol. The lowest BCUT2D eigenvalue weighted by atomic mass is 10.1. The number of Topliss-reactive ketones (excluding diaryl/α,β-unsaturated/α-hetero) is 1. The number of pyridine rings is 1. The number of ketones is 1. The van der Waals surface area contributed by atoms with Gasteiger partial charge in [0.15, 0.2) is 11.0 Å². The van der Waals surface area contributed by atoms with E-state index in [0.29, 0.717) is 35.1 Å². The molecule has 38 heavy (non-hydrogen) atoms. The van der Waals surface area contributed by atoms with Crippen LogP contribution in [0.4, 0.5) is 17.7 Å². The van der Waals surface area contributed by atoms with Crippen LogP contribution in [0.5, 0.6) is 0 Å². The molecule has 4 aromatic rings. The number of anilines is 3. The second kappa shape index (κ2) is 10.9. The SMILES string of the molecule is CN1CCN(c2nc(Nc3cc(-c4ccccn4)[nH]n3)nc(Sc3ccc(CC(=O)C4CC4)cc3)n2)CC1. The third-order valence-corrected chi connectivity index (χ3v) is 7.56. The summed E-state index contributed by atoms with van der Waals surface area (Å²) in [5.74, 6) is 2.30. The molecule has 6 rings (SSSR count). The van der Waals surface area contributed by atoms with Gasteiger partial charge in [-0.15, -0.1) is 0 Å². The standard InChI is InChI=1S/C27H29N9OS/c1-35-12-14-36(15-13-35)26-30-25(29-24-17-22(33-34-24)21-4-2-3-11-28-21)31-27(32-26)38-20-9-5-18(6-10-20)16-23(37)19-7-8-19/h2-6,9-11,17,19H,7-8,12-16H2,1H3,(H2,29,30,31,32,33,34). The normalized spacial score (nSPS) is 16.0. The number of rotatable bonds is 9. The summed E-state index contributed by atoms with van der Waals surface area (Å²) in [4.78, 5) is 36.2. The van der Waals surface area contributed by atoms with Crippen LogP contribution in [0.25, 0.3) is 11.4 Å². The molecule has 194 valence electrons. The molecule has 2 N–H and O–H groups in total. The number of carbonyl (C=O) groups is 1. The van der Waals surface area contributed by atoms with Crippen LogP contribution in [0.15, 0.2) is 64.8 Å². The van der Waals surface area contributed by atoms with Crippen LogP contribution in [-0.4, -0.2) is 74.0 Å². The molecule has 0 radical (unpaired) electrons. The average Bonchev–Trinajstić information content (AvgIpc) is 3.69. The highest BCUT2D eigenvalue weighted by molar-refractivity contribution is 7.99. The molecule has 0 atom stereocenters. The zero-order valence-electron chi connectivity index (χ0n) is 21.2. The summed E-state index contributed by atoms with van der Waals surface area (Å²) in [6.07, 6.45) is 4.34. The van der Waals surface area contributed by atoms with Gasteiger partial charge >= 0.3 is 0 Å². The minimum Gasteiger partial charge on any atom is -0.338 e. The van der Waals surface area contributed by atoms with Gasteiger partial charge in [-0.05, 0) is 61.5 Å². The second-order valence-electron chi connectivity index (χ2n) is 9.70. The topological polar surface area (TPSA) is 116 Å². The van der Waals surface area contributed by atoms with Crippen LogP contribution < -0.4 is 10.2 Å². The number of H-pyrrole nitrogens is 1. The lowest BCUT2D eigenvalue weighted by Crippen LogP contribution is -2.45. The van der Waals surface area contributed by atoms with Gasteiger partial charge in [0.05, 0.1) is 11.4 Å². The number of likely N-dealkylation sites (N-methyl/N-ethyl adjacent to an activating group) is 1. The average molecular weight is 528 g/mol. The van der Waals surface area contributed by atoms with E-state index in [9.17, 15) is 4.79 Å². The Morgan fingerprint density at radius 2 is 1.87 bits per heavy atom. The summed E-state index contributed by atoms with van der Waals surface area (Å²) in [6.45, 7) is 3.59. The number of hydrogen-bond acceptors (Lipinski definition) is 10. The van der Waals surface area contributed by atoms with Gasteiger partial charge < -0.3 is 15.1 Å². The lowest BCUT2D eigenvalue weighted by molar-refractivity contribution is -0.119. The van der Waals surface area contributed by atoms with Gasteiger partial charge in [-0.3, -0.25) is 14.9 Å². The van der Waals surface area contributed by atoms with Gasteiger partial charge in [0, 0.05) is 55.7 Å². The highest BCUT2D eigenvalue weighted by Crippen LogP contribution is 2.32. The van der Waals surface area contributed by atoms with Gasteiger partial charge in [-0.2, -0.15) is 20.1 Å². The van der Waals surface area contributed by atoms with Crippen molar-refractivity contribution in [2.75, 3.05) is 43.4 Å². The maximum atomic E-state index is 12.2. The molecule has 0 spiro atoms. The summed E-state index contributed by atoms with van der Waals surface area (Å²) in [7, 11) is 2.12. The summed E-state index contributed by atoms with van der Waals surface area (Å²) < 4.78 is 0. The molecule has 0 amide bonds. The first kappa shape index (κ1) is 24.5. The minimum absolute atomic E-state index is 0.280.